The number of aryl methyl sites for hydroxylation is 1. The molecule has 8 rings (SSSR count). The van der Waals surface area contributed by atoms with Crippen LogP contribution in [0.15, 0.2) is 127 Å². The summed E-state index contributed by atoms with van der Waals surface area (Å²) in [6.07, 6.45) is 0. The van der Waals surface area contributed by atoms with Crippen LogP contribution in [0, 0.1) is 6.92 Å². The normalized spacial score (nSPS) is 12.5. The van der Waals surface area contributed by atoms with E-state index in [4.69, 9.17) is 14.5 Å². The van der Waals surface area contributed by atoms with Gasteiger partial charge in [0.05, 0.1) is 5.69 Å². The van der Waals surface area contributed by atoms with Crippen LogP contribution in [-0.4, -0.2) is 11.7 Å². The molecule has 0 N–H and O–H groups in total. The van der Waals surface area contributed by atoms with Gasteiger partial charge in [0.25, 0.3) is 6.71 Å². The highest BCUT2D eigenvalue weighted by Crippen LogP contribution is 2.41. The average molecular weight is 513 g/mol. The fraction of sp³-hybridized carbons (Fsp3) is 0.0278. The zero-order valence-corrected chi connectivity index (χ0v) is 22.0. The smallest absolute Gasteiger partial charge is 0.260 e. The second-order valence-corrected chi connectivity index (χ2v) is 10.4. The van der Waals surface area contributed by atoms with Gasteiger partial charge in [-0.05, 0) is 76.5 Å². The van der Waals surface area contributed by atoms with Crippen molar-refractivity contribution in [2.24, 2.45) is 0 Å². The summed E-state index contributed by atoms with van der Waals surface area (Å²) < 4.78 is 13.3. The Morgan fingerprint density at radius 1 is 0.525 bits per heavy atom. The Balaban J connectivity index is 1.38. The predicted molar refractivity (Wildman–Crippen MR) is 163 cm³/mol. The third kappa shape index (κ3) is 3.64. The number of aromatic nitrogens is 1. The maximum Gasteiger partial charge on any atom is 0.260 e. The summed E-state index contributed by atoms with van der Waals surface area (Å²) in [5.41, 5.74) is 10.8. The Bertz CT molecular complexity index is 1870. The van der Waals surface area contributed by atoms with E-state index in [-0.39, 0.29) is 6.71 Å². The maximum atomic E-state index is 6.75. The Labute approximate surface area is 233 Å². The highest BCUT2D eigenvalue weighted by Gasteiger charge is 2.41. The van der Waals surface area contributed by atoms with Crippen LogP contribution in [0.5, 0.6) is 23.0 Å². The minimum atomic E-state index is -0.0467. The molecule has 40 heavy (non-hydrogen) atoms. The van der Waals surface area contributed by atoms with Gasteiger partial charge in [-0.1, -0.05) is 91.0 Å². The molecule has 0 aliphatic carbocycles. The van der Waals surface area contributed by atoms with E-state index in [0.717, 1.165) is 67.5 Å². The number of pyridine rings is 1. The summed E-state index contributed by atoms with van der Waals surface area (Å²) >= 11 is 0. The molecule has 188 valence electrons. The minimum Gasteiger partial charge on any atom is -0.458 e. The van der Waals surface area contributed by atoms with Crippen LogP contribution in [0.3, 0.4) is 0 Å². The molecule has 6 aromatic rings. The number of fused-ring (bicyclic) bond motifs is 4. The molecule has 0 unspecified atom stereocenters. The first-order chi connectivity index (χ1) is 19.7. The van der Waals surface area contributed by atoms with Crippen molar-refractivity contribution in [2.75, 3.05) is 0 Å². The van der Waals surface area contributed by atoms with Crippen LogP contribution >= 0.6 is 0 Å². The number of rotatable bonds is 3. The predicted octanol–water partition coefficient (Wildman–Crippen LogP) is 7.12. The lowest BCUT2D eigenvalue weighted by Crippen LogP contribution is -2.57. The summed E-state index contributed by atoms with van der Waals surface area (Å²) in [6.45, 7) is 1.97. The molecule has 2 aliphatic heterocycles. The molecule has 3 nitrogen and oxygen atoms in total. The molecule has 0 bridgehead atoms. The third-order valence-corrected chi connectivity index (χ3v) is 7.90. The van der Waals surface area contributed by atoms with E-state index in [1.165, 1.54) is 11.1 Å². The van der Waals surface area contributed by atoms with Crippen molar-refractivity contribution in [1.29, 1.82) is 0 Å². The SMILES string of the molecule is Cc1cccc(-c2ccc3c4c2Oc2ccc(-c5ccccc5)cc2B4c2cc(-c4ccccc4)ccc2O3)n1. The number of hydrogen-bond acceptors (Lipinski definition) is 3. The first-order valence-corrected chi connectivity index (χ1v) is 13.6. The second-order valence-electron chi connectivity index (χ2n) is 10.4. The number of nitrogens with zero attached hydrogens (tertiary/aromatic N) is 1. The van der Waals surface area contributed by atoms with Gasteiger partial charge in [0.1, 0.15) is 23.0 Å². The Kier molecular flexibility index (Phi) is 5.14. The Morgan fingerprint density at radius 2 is 1.12 bits per heavy atom. The summed E-state index contributed by atoms with van der Waals surface area (Å²) in [5.74, 6) is 3.38. The minimum absolute atomic E-state index is 0.0467. The molecule has 0 spiro atoms. The first kappa shape index (κ1) is 22.9. The number of hydrogen-bond donors (Lipinski definition) is 0. The van der Waals surface area contributed by atoms with E-state index in [9.17, 15) is 0 Å². The zero-order chi connectivity index (χ0) is 26.6. The first-order valence-electron chi connectivity index (χ1n) is 13.6. The van der Waals surface area contributed by atoms with Crippen molar-refractivity contribution < 1.29 is 9.47 Å². The molecule has 3 heterocycles. The van der Waals surface area contributed by atoms with Crippen molar-refractivity contribution in [3.05, 3.63) is 133 Å². The standard InChI is InChI=1S/C36H24BNO2/c1-23-9-8-14-31(38-23)28-17-20-34-35-36(28)40-33-19-16-27(25-12-6-3-7-13-25)22-30(33)37(35)29-21-26(15-18-32(29)39-34)24-10-4-2-5-11-24/h2-22H,1H3. The lowest BCUT2D eigenvalue weighted by molar-refractivity contribution is 0.465. The summed E-state index contributed by atoms with van der Waals surface area (Å²) in [5, 5.41) is 0. The molecular formula is C36H24BNO2. The molecular weight excluding hydrogens is 489 g/mol. The van der Waals surface area contributed by atoms with Gasteiger partial charge < -0.3 is 9.47 Å². The molecule has 0 amide bonds. The fourth-order valence-corrected chi connectivity index (χ4v) is 6.01. The van der Waals surface area contributed by atoms with Crippen LogP contribution in [0.2, 0.25) is 0 Å². The molecule has 0 atom stereocenters. The van der Waals surface area contributed by atoms with Gasteiger partial charge in [-0.15, -0.1) is 0 Å². The van der Waals surface area contributed by atoms with Crippen molar-refractivity contribution in [1.82, 2.24) is 4.98 Å². The van der Waals surface area contributed by atoms with Crippen molar-refractivity contribution in [3.63, 3.8) is 0 Å². The zero-order valence-electron chi connectivity index (χ0n) is 22.0. The van der Waals surface area contributed by atoms with Gasteiger partial charge in [0.15, 0.2) is 0 Å². The van der Waals surface area contributed by atoms with Crippen molar-refractivity contribution in [3.8, 4) is 56.5 Å². The quantitative estimate of drug-likeness (QED) is 0.236. The maximum absolute atomic E-state index is 6.75. The van der Waals surface area contributed by atoms with Crippen LogP contribution in [0.4, 0.5) is 0 Å². The topological polar surface area (TPSA) is 31.4 Å². The van der Waals surface area contributed by atoms with Gasteiger partial charge in [-0.25, -0.2) is 0 Å². The molecule has 0 saturated heterocycles. The van der Waals surface area contributed by atoms with E-state index in [0.29, 0.717) is 0 Å². The molecule has 0 saturated carbocycles. The van der Waals surface area contributed by atoms with Crippen molar-refractivity contribution in [2.45, 2.75) is 6.92 Å². The third-order valence-electron chi connectivity index (χ3n) is 7.90. The van der Waals surface area contributed by atoms with E-state index in [1.54, 1.807) is 0 Å². The molecule has 1 aromatic heterocycles. The summed E-state index contributed by atoms with van der Waals surface area (Å²) in [4.78, 5) is 4.84. The van der Waals surface area contributed by atoms with Crippen LogP contribution in [0.25, 0.3) is 33.5 Å². The van der Waals surface area contributed by atoms with E-state index >= 15 is 0 Å². The molecule has 5 aromatic carbocycles. The van der Waals surface area contributed by atoms with Crippen LogP contribution in [-0.2, 0) is 0 Å². The molecule has 4 heteroatoms. The van der Waals surface area contributed by atoms with Gasteiger partial charge >= 0.3 is 0 Å². The fourth-order valence-electron chi connectivity index (χ4n) is 6.01. The van der Waals surface area contributed by atoms with E-state index in [1.807, 2.05) is 37.3 Å². The summed E-state index contributed by atoms with van der Waals surface area (Å²) in [7, 11) is 0. The van der Waals surface area contributed by atoms with Gasteiger partial charge in [0.2, 0.25) is 0 Å². The lowest BCUT2D eigenvalue weighted by atomic mass is 9.34. The van der Waals surface area contributed by atoms with E-state index < -0.39 is 0 Å². The molecule has 0 fully saturated rings. The van der Waals surface area contributed by atoms with Gasteiger partial charge in [0, 0.05) is 16.7 Å². The average Bonchev–Trinajstić information content (AvgIpc) is 3.01. The lowest BCUT2D eigenvalue weighted by Gasteiger charge is -2.34. The van der Waals surface area contributed by atoms with Crippen LogP contribution < -0.4 is 25.9 Å². The molecule has 0 radical (unpaired) electrons. The monoisotopic (exact) mass is 513 g/mol. The van der Waals surface area contributed by atoms with Crippen LogP contribution in [0.1, 0.15) is 5.69 Å². The van der Waals surface area contributed by atoms with Crippen molar-refractivity contribution >= 4 is 23.1 Å². The Hall–Kier alpha value is -5.09. The largest absolute Gasteiger partial charge is 0.458 e. The number of benzene rings is 5. The Morgan fingerprint density at radius 3 is 1.75 bits per heavy atom. The highest BCUT2D eigenvalue weighted by molar-refractivity contribution is 6.98. The number of ether oxygens (including phenoxy) is 2. The van der Waals surface area contributed by atoms with E-state index in [2.05, 4.69) is 97.1 Å². The summed E-state index contributed by atoms with van der Waals surface area (Å²) in [6, 6.07) is 44.3. The second kappa shape index (κ2) is 8.99. The van der Waals surface area contributed by atoms with Gasteiger partial charge in [-0.3, -0.25) is 4.98 Å². The highest BCUT2D eigenvalue weighted by atomic mass is 16.5. The van der Waals surface area contributed by atoms with Gasteiger partial charge in [-0.2, -0.15) is 0 Å². The molecule has 2 aliphatic rings.